The number of para-hydroxylation sites is 1. The monoisotopic (exact) mass is 777 g/mol. The largest absolute Gasteiger partial charge is 0.308 e. The molecule has 0 unspecified atom stereocenters. The fraction of sp³-hybridized carbons (Fsp3) is 0.0638. The smallest absolute Gasteiger partial charge is 0.164 e. The number of rotatable bonds is 5. The van der Waals surface area contributed by atoms with Gasteiger partial charge in [0.15, 0.2) is 17.5 Å². The van der Waals surface area contributed by atoms with Crippen LogP contribution in [0.1, 0.15) is 13.8 Å². The molecule has 2 radical (unpaired) electrons. The van der Waals surface area contributed by atoms with Crippen molar-refractivity contribution in [3.05, 3.63) is 164 Å². The Balaban J connectivity index is 0.00000100. The van der Waals surface area contributed by atoms with Gasteiger partial charge >= 0.3 is 22.6 Å². The third-order valence-electron chi connectivity index (χ3n) is 9.28. The summed E-state index contributed by atoms with van der Waals surface area (Å²) in [6.07, 6.45) is 2.03. The van der Waals surface area contributed by atoms with Gasteiger partial charge in [0.05, 0.1) is 17.2 Å². The molecule has 10 rings (SSSR count). The Morgan fingerprint density at radius 3 is 1.59 bits per heavy atom. The van der Waals surface area contributed by atoms with Gasteiger partial charge < -0.3 is 4.57 Å². The van der Waals surface area contributed by atoms with Crippen molar-refractivity contribution in [2.75, 3.05) is 0 Å². The van der Waals surface area contributed by atoms with Crippen molar-refractivity contribution in [1.82, 2.24) is 24.5 Å². The zero-order chi connectivity index (χ0) is 37.0. The zero-order valence-corrected chi connectivity index (χ0v) is 32.9. The Labute approximate surface area is 327 Å². The van der Waals surface area contributed by atoms with Crippen LogP contribution in [0.2, 0.25) is 5.71 Å². The second-order valence-corrected chi connectivity index (χ2v) is 13.4. The van der Waals surface area contributed by atoms with Crippen molar-refractivity contribution in [3.63, 3.8) is 0 Å². The maximum absolute atomic E-state index is 5.11. The van der Waals surface area contributed by atoms with Gasteiger partial charge in [0.25, 0.3) is 0 Å². The number of fused-ring (bicyclic) bond motifs is 7. The minimum Gasteiger partial charge on any atom is -0.308 e. The van der Waals surface area contributed by atoms with Crippen molar-refractivity contribution in [2.24, 2.45) is 0 Å². The Hall–Kier alpha value is -5.94. The van der Waals surface area contributed by atoms with E-state index in [-0.39, 0.29) is 0 Å². The number of pyridine rings is 1. The van der Waals surface area contributed by atoms with Crippen LogP contribution < -0.4 is 0 Å². The molecule has 0 aliphatic rings. The van der Waals surface area contributed by atoms with Crippen LogP contribution in [0.3, 0.4) is 0 Å². The predicted octanol–water partition coefficient (Wildman–Crippen LogP) is 12.6. The van der Waals surface area contributed by atoms with E-state index in [0.717, 1.165) is 49.4 Å². The number of thiophene rings is 1. The molecule has 0 saturated heterocycles. The van der Waals surface area contributed by atoms with Crippen molar-refractivity contribution in [3.8, 4) is 51.0 Å². The van der Waals surface area contributed by atoms with Crippen LogP contribution in [0.15, 0.2) is 164 Å². The van der Waals surface area contributed by atoms with Crippen LogP contribution in [0, 0.1) is 0 Å². The van der Waals surface area contributed by atoms with Crippen LogP contribution in [0.4, 0.5) is 0 Å². The van der Waals surface area contributed by atoms with Crippen LogP contribution in [-0.4, -0.2) is 41.4 Å². The molecule has 0 aliphatic heterocycles. The molecule has 0 spiro atoms. The summed E-state index contributed by atoms with van der Waals surface area (Å²) in [6.45, 7) is 4.00. The number of hydrogen-bond donors (Lipinski definition) is 0. The molecule has 0 saturated carbocycles. The van der Waals surface area contributed by atoms with E-state index in [1.165, 1.54) is 26.2 Å². The van der Waals surface area contributed by atoms with E-state index < -0.39 is 0 Å². The Morgan fingerprint density at radius 2 is 0.963 bits per heavy atom. The summed E-state index contributed by atoms with van der Waals surface area (Å²) in [5.41, 5.74) is 10.1. The van der Waals surface area contributed by atoms with Gasteiger partial charge in [-0.05, 0) is 41.5 Å². The minimum atomic E-state index is 0.613. The summed E-state index contributed by atoms with van der Waals surface area (Å²) in [4.78, 5) is 21.3. The van der Waals surface area contributed by atoms with Gasteiger partial charge in [0.2, 0.25) is 0 Å². The third-order valence-corrected chi connectivity index (χ3v) is 10.4. The van der Waals surface area contributed by atoms with Gasteiger partial charge in [0.1, 0.15) is 4.83 Å². The van der Waals surface area contributed by atoms with Gasteiger partial charge in [-0.1, -0.05) is 141 Å². The van der Waals surface area contributed by atoms with Gasteiger partial charge in [-0.15, -0.1) is 11.3 Å². The molecule has 54 heavy (non-hydrogen) atoms. The van der Waals surface area contributed by atoms with Crippen LogP contribution in [0.5, 0.6) is 0 Å². The van der Waals surface area contributed by atoms with E-state index in [2.05, 4.69) is 112 Å². The summed E-state index contributed by atoms with van der Waals surface area (Å²) >= 11 is 4.06. The fourth-order valence-corrected chi connectivity index (χ4v) is 8.07. The van der Waals surface area contributed by atoms with E-state index in [9.17, 15) is 0 Å². The number of benzene rings is 6. The first kappa shape index (κ1) is 35.1. The first-order valence-corrected chi connectivity index (χ1v) is 20.7. The normalized spacial score (nSPS) is 11.0. The number of hydrogen-bond acceptors (Lipinski definition) is 5. The Morgan fingerprint density at radius 1 is 0.463 bits per heavy atom. The molecule has 0 aliphatic carbocycles. The summed E-state index contributed by atoms with van der Waals surface area (Å²) < 4.78 is 3.59. The van der Waals surface area contributed by atoms with Crippen LogP contribution in [0.25, 0.3) is 93.1 Å². The summed E-state index contributed by atoms with van der Waals surface area (Å²) in [5.74, 6) is 1.88. The second-order valence-electron chi connectivity index (χ2n) is 12.3. The number of nitrogens with zero attached hydrogens (tertiary/aromatic N) is 5. The van der Waals surface area contributed by atoms with Crippen molar-refractivity contribution in [1.29, 1.82) is 0 Å². The summed E-state index contributed by atoms with van der Waals surface area (Å²) in [7, 11) is 0. The van der Waals surface area contributed by atoms with E-state index in [4.69, 9.17) is 19.9 Å². The molecule has 260 valence electrons. The molecule has 0 atom stereocenters. The van der Waals surface area contributed by atoms with E-state index in [1.807, 2.05) is 92.5 Å². The number of aromatic nitrogens is 5. The Kier molecular flexibility index (Phi) is 10.1. The SMILES string of the molecule is CC.C[As].c1ccc(-c2cc(-c3nc(-c4ccccc4)nc(-c4ccccc4)n3)cc(-n3c4ccccc4c4c5c(ncc43)sc3ccccc35)c2)cc1. The average molecular weight is 778 g/mol. The maximum Gasteiger partial charge on any atom is 0.164 e. The average Bonchev–Trinajstić information content (AvgIpc) is 3.81. The second kappa shape index (κ2) is 15.6. The molecule has 0 amide bonds. The van der Waals surface area contributed by atoms with Crippen LogP contribution in [-0.2, 0) is 0 Å². The van der Waals surface area contributed by atoms with Gasteiger partial charge in [-0.3, -0.25) is 0 Å². The van der Waals surface area contributed by atoms with Crippen LogP contribution >= 0.6 is 11.3 Å². The van der Waals surface area contributed by atoms with E-state index >= 15 is 0 Å². The summed E-state index contributed by atoms with van der Waals surface area (Å²) in [6, 6.07) is 54.7. The predicted molar refractivity (Wildman–Crippen MR) is 230 cm³/mol. The molecule has 0 N–H and O–H groups in total. The Bertz CT molecular complexity index is 2810. The minimum absolute atomic E-state index is 0.613. The molecule has 4 aromatic heterocycles. The maximum atomic E-state index is 5.11. The van der Waals surface area contributed by atoms with E-state index in [0.29, 0.717) is 17.5 Å². The fourth-order valence-electron chi connectivity index (χ4n) is 7.01. The quantitative estimate of drug-likeness (QED) is 0.163. The summed E-state index contributed by atoms with van der Waals surface area (Å²) in [5, 5.41) is 4.85. The topological polar surface area (TPSA) is 56.5 Å². The molecular weight excluding hydrogens is 742 g/mol. The standard InChI is InChI=1S/C44H27N5S.C2H6.CH3As/c1-4-14-28(15-5-1)31-24-32(43-47-41(29-16-6-2-7-17-29)46-42(48-43)30-18-8-3-9-19-30)26-33(25-31)49-36-22-12-10-20-34(36)39-37(49)27-45-44-40(39)35-21-11-13-23-38(35)50-44;2*1-2/h1-27H;1-2H3;1H3. The third kappa shape index (κ3) is 6.38. The van der Waals surface area contributed by atoms with Crippen molar-refractivity contribution < 1.29 is 0 Å². The molecule has 0 bridgehead atoms. The molecular formula is C47H36AsN5S. The molecule has 6 aromatic carbocycles. The van der Waals surface area contributed by atoms with Gasteiger partial charge in [-0.25, -0.2) is 19.9 Å². The van der Waals surface area contributed by atoms with Crippen molar-refractivity contribution >= 4 is 70.3 Å². The van der Waals surface area contributed by atoms with Gasteiger partial charge in [-0.2, -0.15) is 0 Å². The van der Waals surface area contributed by atoms with Gasteiger partial charge in [0, 0.05) is 48.6 Å². The first-order valence-electron chi connectivity index (χ1n) is 18.0. The zero-order valence-electron chi connectivity index (χ0n) is 30.2. The molecule has 4 heterocycles. The van der Waals surface area contributed by atoms with E-state index in [1.54, 1.807) is 11.3 Å². The molecule has 7 heteroatoms. The first-order chi connectivity index (χ1) is 26.8. The molecule has 10 aromatic rings. The molecule has 0 fully saturated rings. The molecule has 5 nitrogen and oxygen atoms in total. The van der Waals surface area contributed by atoms with Crippen molar-refractivity contribution in [2.45, 2.75) is 19.6 Å².